The number of nitrogens with zero attached hydrogens (tertiary/aromatic N) is 1. The second kappa shape index (κ2) is 31.0. The van der Waals surface area contributed by atoms with Crippen LogP contribution in [-0.2, 0) is 57.6 Å². The molecule has 8 amide bonds. The zero-order valence-electron chi connectivity index (χ0n) is 47.9. The van der Waals surface area contributed by atoms with Gasteiger partial charge >= 0.3 is 0 Å². The lowest BCUT2D eigenvalue weighted by molar-refractivity contribution is -0.136. The van der Waals surface area contributed by atoms with Gasteiger partial charge in [0.25, 0.3) is 0 Å². The van der Waals surface area contributed by atoms with Crippen molar-refractivity contribution in [2.24, 2.45) is 23.1 Å². The molecule has 0 spiro atoms. The number of benzene rings is 5. The molecule has 0 aliphatic carbocycles. The second-order valence-corrected chi connectivity index (χ2v) is 24.3. The molecule has 5 aromatic carbocycles. The molecule has 8 rings (SSSR count). The molecule has 14 N–H and O–H groups in total. The summed E-state index contributed by atoms with van der Waals surface area (Å²) in [4.78, 5) is 125. The average molecular weight is 1200 g/mol. The summed E-state index contributed by atoms with van der Waals surface area (Å²) in [6.07, 6.45) is 5.75. The summed E-state index contributed by atoms with van der Waals surface area (Å²) in [6, 6.07) is 32.0. The van der Waals surface area contributed by atoms with Crippen molar-refractivity contribution < 1.29 is 38.4 Å². The molecule has 8 atom stereocenters. The number of aromatic amines is 1. The van der Waals surface area contributed by atoms with Gasteiger partial charge in [0.1, 0.15) is 42.3 Å². The Balaban J connectivity index is 1.16. The number of nitrogens with one attached hydrogen (secondary N) is 8. The summed E-state index contributed by atoms with van der Waals surface area (Å²) in [5.41, 5.74) is 22.8. The third kappa shape index (κ3) is 17.3. The second-order valence-electron chi connectivity index (χ2n) is 21.7. The van der Waals surface area contributed by atoms with Crippen LogP contribution in [0.25, 0.3) is 21.7 Å². The third-order valence-corrected chi connectivity index (χ3v) is 17.5. The minimum atomic E-state index is -1.41. The number of rotatable bonds is 19. The number of unbranched alkanes of at least 4 members (excludes halogenated alkanes) is 1. The van der Waals surface area contributed by atoms with Crippen molar-refractivity contribution >= 4 is 90.5 Å². The van der Waals surface area contributed by atoms with Crippen molar-refractivity contribution in [3.8, 4) is 0 Å². The first-order chi connectivity index (χ1) is 41.6. The SMILES string of the molecule is CC(C)[C@@H]1NC(=O)[C@H](CCCCN)NC(=O)[C@@H](Cc2c[nH]c3ccccc23)NC(=O)[C@H](Cc2cccnc2)NC(=O)[C@H](NC(=O)[C@@H](N)Cc2ccc3ccccc3c2)CSSC[C@@H](C(=O)N[C@@H](C(N)=O)C(c2ccccc2)c2ccccc2)NC1=O. The molecule has 1 saturated heterocycles. The summed E-state index contributed by atoms with van der Waals surface area (Å²) in [5, 5.41) is 22.7. The lowest BCUT2D eigenvalue weighted by Crippen LogP contribution is -2.62. The molecule has 0 unspecified atom stereocenters. The van der Waals surface area contributed by atoms with E-state index >= 15 is 0 Å². The zero-order valence-corrected chi connectivity index (χ0v) is 49.5. The fraction of sp³-hybridized carbons (Fsp3) is 0.328. The van der Waals surface area contributed by atoms with Gasteiger partial charge in [0.15, 0.2) is 0 Å². The normalized spacial score (nSPS) is 20.2. The standard InChI is InChI=1S/C64H74N12O8S2/c1-38(2)55-64(84)74-53(63(83)76-56(57(67)77)54(42-18-5-3-6-19-42)43-20-7-4-8-21-43)37-86-85-36-52(73-58(78)47(66)31-39-26-27-41-17-9-10-22-44(41)30-39)62(82)71-50(32-40-16-15-29-68-34-40)60(80)72-51(33-45-35-69-48-24-12-11-23-46(45)48)61(81)70-49(59(79)75-55)25-13-14-28-65/h3-12,15-24,26-27,29-30,34-35,38,47,49-56,69H,13-14,25,28,31-33,36-37,65-66H2,1-2H3,(H2,67,77)(H,70,81)(H,71,82)(H,72,80)(H,73,78)(H,74,84)(H,75,79)(H,76,83)/t47-,49-,50-,51+,52+,53-,55-,56+/m0/s1. The third-order valence-electron chi connectivity index (χ3n) is 15.0. The van der Waals surface area contributed by atoms with Crippen LogP contribution in [0.15, 0.2) is 158 Å². The Kier molecular flexibility index (Phi) is 22.9. The summed E-state index contributed by atoms with van der Waals surface area (Å²) >= 11 is 0. The minimum absolute atomic E-state index is 0.0670. The van der Waals surface area contributed by atoms with E-state index < -0.39 is 107 Å². The zero-order chi connectivity index (χ0) is 61.1. The molecule has 0 radical (unpaired) electrons. The fourth-order valence-electron chi connectivity index (χ4n) is 10.4. The average Bonchev–Trinajstić information content (AvgIpc) is 3.83. The van der Waals surface area contributed by atoms with Crippen LogP contribution in [0.5, 0.6) is 0 Å². The van der Waals surface area contributed by atoms with Crippen LogP contribution in [0.3, 0.4) is 0 Å². The van der Waals surface area contributed by atoms with Crippen molar-refractivity contribution in [2.45, 2.75) is 107 Å². The van der Waals surface area contributed by atoms with Crippen molar-refractivity contribution in [1.82, 2.24) is 47.2 Å². The van der Waals surface area contributed by atoms with E-state index in [0.717, 1.165) is 48.8 Å². The van der Waals surface area contributed by atoms with E-state index in [9.17, 15) is 38.4 Å². The first-order valence-corrected chi connectivity index (χ1v) is 31.2. The number of aromatic nitrogens is 2. The van der Waals surface area contributed by atoms with Crippen LogP contribution in [0.2, 0.25) is 0 Å². The van der Waals surface area contributed by atoms with Gasteiger partial charge in [0.2, 0.25) is 47.3 Å². The molecule has 2 aromatic heterocycles. The minimum Gasteiger partial charge on any atom is -0.368 e. The monoisotopic (exact) mass is 1200 g/mol. The highest BCUT2D eigenvalue weighted by atomic mass is 33.1. The Bertz CT molecular complexity index is 3430. The number of carbonyl (C=O) groups excluding carboxylic acids is 8. The number of carbonyl (C=O) groups is 8. The van der Waals surface area contributed by atoms with E-state index in [1.807, 2.05) is 103 Å². The number of pyridine rings is 1. The number of primary amides is 1. The van der Waals surface area contributed by atoms with E-state index in [1.165, 1.54) is 0 Å². The number of hydrogen-bond donors (Lipinski definition) is 11. The van der Waals surface area contributed by atoms with Crippen molar-refractivity contribution in [1.29, 1.82) is 0 Å². The number of nitrogens with two attached hydrogens (primary N) is 3. The predicted octanol–water partition coefficient (Wildman–Crippen LogP) is 3.96. The highest BCUT2D eigenvalue weighted by Gasteiger charge is 2.38. The van der Waals surface area contributed by atoms with E-state index in [4.69, 9.17) is 17.2 Å². The molecule has 0 saturated carbocycles. The first-order valence-electron chi connectivity index (χ1n) is 28.7. The van der Waals surface area contributed by atoms with Crippen molar-refractivity contribution in [3.63, 3.8) is 0 Å². The first kappa shape index (κ1) is 63.5. The van der Waals surface area contributed by atoms with Gasteiger partial charge in [0, 0.05) is 59.8 Å². The molecule has 22 heteroatoms. The van der Waals surface area contributed by atoms with Gasteiger partial charge in [-0.1, -0.05) is 163 Å². The Morgan fingerprint density at radius 2 is 1.28 bits per heavy atom. The van der Waals surface area contributed by atoms with Crippen LogP contribution in [0, 0.1) is 5.92 Å². The molecule has 1 aliphatic heterocycles. The molecule has 0 bridgehead atoms. The quantitative estimate of drug-likeness (QED) is 0.0404. The molecule has 3 heterocycles. The summed E-state index contributed by atoms with van der Waals surface area (Å²) in [7, 11) is 2.16. The maximum atomic E-state index is 15.0. The molecule has 1 fully saturated rings. The van der Waals surface area contributed by atoms with Gasteiger partial charge in [-0.2, -0.15) is 0 Å². The maximum Gasteiger partial charge on any atom is 0.244 e. The van der Waals surface area contributed by atoms with Gasteiger partial charge < -0.3 is 59.4 Å². The van der Waals surface area contributed by atoms with Crippen LogP contribution in [0.4, 0.5) is 0 Å². The Morgan fingerprint density at radius 1 is 0.651 bits per heavy atom. The van der Waals surface area contributed by atoms with Gasteiger partial charge in [0.05, 0.1) is 6.04 Å². The molecular formula is C64H74N12O8S2. The van der Waals surface area contributed by atoms with Crippen molar-refractivity contribution in [3.05, 3.63) is 186 Å². The Labute approximate surface area is 507 Å². The van der Waals surface area contributed by atoms with E-state index in [1.54, 1.807) is 68.8 Å². The number of amides is 8. The summed E-state index contributed by atoms with van der Waals surface area (Å²) in [5.74, 6) is -7.75. The molecule has 1 aliphatic rings. The van der Waals surface area contributed by atoms with Gasteiger partial charge in [-0.05, 0) is 88.9 Å². The smallest absolute Gasteiger partial charge is 0.244 e. The van der Waals surface area contributed by atoms with E-state index in [2.05, 4.69) is 47.2 Å². The number of hydrogen-bond acceptors (Lipinski definition) is 13. The van der Waals surface area contributed by atoms with Crippen molar-refractivity contribution in [2.75, 3.05) is 18.1 Å². The number of fused-ring (bicyclic) bond motifs is 2. The largest absolute Gasteiger partial charge is 0.368 e. The lowest BCUT2D eigenvalue weighted by Gasteiger charge is -2.30. The maximum absolute atomic E-state index is 15.0. The molecular weight excluding hydrogens is 1130 g/mol. The fourth-order valence-corrected chi connectivity index (χ4v) is 12.7. The van der Waals surface area contributed by atoms with Gasteiger partial charge in [-0.25, -0.2) is 0 Å². The predicted molar refractivity (Wildman–Crippen MR) is 336 cm³/mol. The molecule has 7 aromatic rings. The molecule has 20 nitrogen and oxygen atoms in total. The van der Waals surface area contributed by atoms with Gasteiger partial charge in [-0.3, -0.25) is 43.3 Å². The summed E-state index contributed by atoms with van der Waals surface area (Å²) < 4.78 is 0. The Morgan fingerprint density at radius 3 is 1.95 bits per heavy atom. The number of H-pyrrole nitrogens is 1. The number of para-hydroxylation sites is 1. The molecule has 450 valence electrons. The highest BCUT2D eigenvalue weighted by Crippen LogP contribution is 2.30. The van der Waals surface area contributed by atoms with E-state index in [-0.39, 0.29) is 37.2 Å². The summed E-state index contributed by atoms with van der Waals surface area (Å²) in [6.45, 7) is 3.71. The van der Waals surface area contributed by atoms with Crippen LogP contribution >= 0.6 is 21.6 Å². The topological polar surface area (TPSA) is 328 Å². The van der Waals surface area contributed by atoms with Gasteiger partial charge in [-0.15, -0.1) is 0 Å². The van der Waals surface area contributed by atoms with Crippen LogP contribution < -0.4 is 54.4 Å². The molecule has 86 heavy (non-hydrogen) atoms. The lowest BCUT2D eigenvalue weighted by atomic mass is 9.84. The van der Waals surface area contributed by atoms with Crippen LogP contribution in [-0.4, -0.2) is 124 Å². The highest BCUT2D eigenvalue weighted by molar-refractivity contribution is 8.76. The van der Waals surface area contributed by atoms with Crippen LogP contribution in [0.1, 0.15) is 66.8 Å². The Hall–Kier alpha value is -8.57. The van der Waals surface area contributed by atoms with E-state index in [0.29, 0.717) is 41.6 Å².